The molecule has 0 aliphatic carbocycles. The second-order valence-corrected chi connectivity index (χ2v) is 7.38. The van der Waals surface area contributed by atoms with Crippen molar-refractivity contribution in [2.75, 3.05) is 19.6 Å². The molecule has 2 rings (SSSR count). The molecule has 0 saturated carbocycles. The first-order chi connectivity index (χ1) is 8.34. The standard InChI is InChI=1S/C11H17ClN2O3S/c1-8(12)9(2)18(16,17)13-5-6-14-10(7-13)3-4-11(14)15/h10H,3-7H2,1-2H3. The Balaban J connectivity index is 2.18. The van der Waals surface area contributed by atoms with Crippen molar-refractivity contribution in [2.45, 2.75) is 32.7 Å². The predicted molar refractivity (Wildman–Crippen MR) is 69.5 cm³/mol. The fourth-order valence-corrected chi connectivity index (χ4v) is 4.15. The molecule has 0 aromatic heterocycles. The number of rotatable bonds is 2. The van der Waals surface area contributed by atoms with Gasteiger partial charge in [-0.2, -0.15) is 4.31 Å². The number of carbonyl (C=O) groups excluding carboxylic acids is 1. The Morgan fingerprint density at radius 1 is 1.33 bits per heavy atom. The summed E-state index contributed by atoms with van der Waals surface area (Å²) in [4.78, 5) is 13.5. The zero-order valence-corrected chi connectivity index (χ0v) is 12.1. The molecule has 1 unspecified atom stereocenters. The molecule has 2 heterocycles. The van der Waals surface area contributed by atoms with Crippen molar-refractivity contribution in [1.29, 1.82) is 0 Å². The molecule has 2 aliphatic heterocycles. The van der Waals surface area contributed by atoms with Crippen molar-refractivity contribution in [3.05, 3.63) is 9.94 Å². The summed E-state index contributed by atoms with van der Waals surface area (Å²) in [5, 5.41) is 0.292. The average molecular weight is 293 g/mol. The first kappa shape index (κ1) is 13.8. The number of hydrogen-bond donors (Lipinski definition) is 0. The highest BCUT2D eigenvalue weighted by Gasteiger charge is 2.39. The number of sulfonamides is 1. The monoisotopic (exact) mass is 292 g/mol. The summed E-state index contributed by atoms with van der Waals surface area (Å²) in [6.45, 7) is 4.31. The van der Waals surface area contributed by atoms with Crippen LogP contribution in [0.1, 0.15) is 26.7 Å². The maximum absolute atomic E-state index is 12.3. The molecule has 2 fully saturated rings. The number of allylic oxidation sites excluding steroid dienone is 2. The number of fused-ring (bicyclic) bond motifs is 1. The third-order valence-corrected chi connectivity index (χ3v) is 6.16. The van der Waals surface area contributed by atoms with E-state index in [0.29, 0.717) is 31.1 Å². The number of piperazine rings is 1. The number of halogens is 1. The van der Waals surface area contributed by atoms with E-state index < -0.39 is 10.0 Å². The molecule has 1 atom stereocenters. The lowest BCUT2D eigenvalue weighted by Crippen LogP contribution is -2.53. The van der Waals surface area contributed by atoms with Crippen molar-refractivity contribution in [3.8, 4) is 0 Å². The van der Waals surface area contributed by atoms with Gasteiger partial charge in [0.05, 0.1) is 4.91 Å². The fourth-order valence-electron chi connectivity index (χ4n) is 2.43. The van der Waals surface area contributed by atoms with E-state index in [0.717, 1.165) is 6.42 Å². The molecule has 7 heteroatoms. The van der Waals surface area contributed by atoms with Crippen LogP contribution < -0.4 is 0 Å². The maximum atomic E-state index is 12.3. The fraction of sp³-hybridized carbons (Fsp3) is 0.727. The van der Waals surface area contributed by atoms with E-state index in [1.807, 2.05) is 0 Å². The highest BCUT2D eigenvalue weighted by atomic mass is 35.5. The SMILES string of the molecule is CC(Cl)=C(C)S(=O)(=O)N1CCN2C(=O)CCC2C1. The molecule has 0 aromatic carbocycles. The highest BCUT2D eigenvalue weighted by molar-refractivity contribution is 7.93. The summed E-state index contributed by atoms with van der Waals surface area (Å²) >= 11 is 5.78. The summed E-state index contributed by atoms with van der Waals surface area (Å²) in [7, 11) is -3.47. The van der Waals surface area contributed by atoms with Gasteiger partial charge in [-0.3, -0.25) is 4.79 Å². The molecule has 5 nitrogen and oxygen atoms in total. The van der Waals surface area contributed by atoms with Crippen molar-refractivity contribution >= 4 is 27.5 Å². The molecular formula is C11H17ClN2O3S. The minimum Gasteiger partial charge on any atom is -0.337 e. The molecule has 2 saturated heterocycles. The van der Waals surface area contributed by atoms with Crippen molar-refractivity contribution in [1.82, 2.24) is 9.21 Å². The van der Waals surface area contributed by atoms with Gasteiger partial charge >= 0.3 is 0 Å². The molecule has 0 bridgehead atoms. The molecule has 102 valence electrons. The predicted octanol–water partition coefficient (Wildman–Crippen LogP) is 1.11. The van der Waals surface area contributed by atoms with Crippen LogP contribution in [0.25, 0.3) is 0 Å². The van der Waals surface area contributed by atoms with Crippen molar-refractivity contribution < 1.29 is 13.2 Å². The van der Waals surface area contributed by atoms with Gasteiger partial charge < -0.3 is 4.90 Å². The molecule has 0 radical (unpaired) electrons. The normalized spacial score (nSPS) is 27.2. The number of hydrogen-bond acceptors (Lipinski definition) is 3. The third kappa shape index (κ3) is 2.29. The van der Waals surface area contributed by atoms with Crippen LogP contribution in [0.2, 0.25) is 0 Å². The van der Waals surface area contributed by atoms with Gasteiger partial charge in [-0.15, -0.1) is 0 Å². The Morgan fingerprint density at radius 3 is 2.61 bits per heavy atom. The quantitative estimate of drug-likeness (QED) is 0.766. The van der Waals surface area contributed by atoms with Crippen LogP contribution in [0.5, 0.6) is 0 Å². The van der Waals surface area contributed by atoms with Crippen LogP contribution in [0.3, 0.4) is 0 Å². The van der Waals surface area contributed by atoms with E-state index in [4.69, 9.17) is 11.6 Å². The zero-order valence-electron chi connectivity index (χ0n) is 10.5. The van der Waals surface area contributed by atoms with Gasteiger partial charge in [-0.1, -0.05) is 11.6 Å². The summed E-state index contributed by atoms with van der Waals surface area (Å²) in [5.41, 5.74) is 0. The number of nitrogens with zero attached hydrogens (tertiary/aromatic N) is 2. The van der Waals surface area contributed by atoms with E-state index in [1.54, 1.807) is 11.8 Å². The van der Waals surface area contributed by atoms with Crippen LogP contribution >= 0.6 is 11.6 Å². The maximum Gasteiger partial charge on any atom is 0.240 e. The van der Waals surface area contributed by atoms with Gasteiger partial charge in [0, 0.05) is 37.1 Å². The van der Waals surface area contributed by atoms with Gasteiger partial charge in [0.1, 0.15) is 0 Å². The van der Waals surface area contributed by atoms with Crippen molar-refractivity contribution in [3.63, 3.8) is 0 Å². The first-order valence-corrected chi connectivity index (χ1v) is 7.78. The van der Waals surface area contributed by atoms with Crippen LogP contribution in [0, 0.1) is 0 Å². The molecular weight excluding hydrogens is 276 g/mol. The Hall–Kier alpha value is -0.590. The average Bonchev–Trinajstić information content (AvgIpc) is 2.69. The largest absolute Gasteiger partial charge is 0.337 e. The zero-order chi connectivity index (χ0) is 13.5. The van der Waals surface area contributed by atoms with Crippen LogP contribution in [-0.4, -0.2) is 49.2 Å². The smallest absolute Gasteiger partial charge is 0.240 e. The topological polar surface area (TPSA) is 57.7 Å². The lowest BCUT2D eigenvalue weighted by molar-refractivity contribution is -0.130. The Bertz CT molecular complexity index is 496. The molecule has 1 amide bonds. The van der Waals surface area contributed by atoms with E-state index in [-0.39, 0.29) is 16.9 Å². The number of amides is 1. The molecule has 0 aromatic rings. The summed E-state index contributed by atoms with van der Waals surface area (Å²) < 4.78 is 26.0. The minimum absolute atomic E-state index is 0.0319. The molecule has 0 spiro atoms. The van der Waals surface area contributed by atoms with Gasteiger partial charge in [-0.25, -0.2) is 8.42 Å². The second-order valence-electron chi connectivity index (χ2n) is 4.73. The van der Waals surface area contributed by atoms with E-state index in [2.05, 4.69) is 0 Å². The lowest BCUT2D eigenvalue weighted by Gasteiger charge is -2.36. The first-order valence-electron chi connectivity index (χ1n) is 5.96. The third-order valence-electron chi connectivity index (χ3n) is 3.67. The summed E-state index contributed by atoms with van der Waals surface area (Å²) in [6.07, 6.45) is 1.27. The van der Waals surface area contributed by atoms with E-state index in [1.165, 1.54) is 11.2 Å². The minimum atomic E-state index is -3.47. The Labute approximate surface area is 112 Å². The van der Waals surface area contributed by atoms with Gasteiger partial charge in [0.2, 0.25) is 15.9 Å². The Morgan fingerprint density at radius 2 is 2.00 bits per heavy atom. The molecule has 0 N–H and O–H groups in total. The lowest BCUT2D eigenvalue weighted by atomic mass is 10.2. The second kappa shape index (κ2) is 4.83. The van der Waals surface area contributed by atoms with E-state index >= 15 is 0 Å². The summed E-state index contributed by atoms with van der Waals surface area (Å²) in [5.74, 6) is 0.137. The Kier molecular flexibility index (Phi) is 3.71. The molecule has 18 heavy (non-hydrogen) atoms. The summed E-state index contributed by atoms with van der Waals surface area (Å²) in [6, 6.07) is 0.0319. The van der Waals surface area contributed by atoms with Crippen LogP contribution in [0.4, 0.5) is 0 Å². The van der Waals surface area contributed by atoms with Crippen LogP contribution in [0.15, 0.2) is 9.94 Å². The number of carbonyl (C=O) groups is 1. The van der Waals surface area contributed by atoms with Gasteiger partial charge in [0.15, 0.2) is 0 Å². The van der Waals surface area contributed by atoms with E-state index in [9.17, 15) is 13.2 Å². The molecule has 2 aliphatic rings. The van der Waals surface area contributed by atoms with Crippen molar-refractivity contribution in [2.24, 2.45) is 0 Å². The van der Waals surface area contributed by atoms with Gasteiger partial charge in [-0.05, 0) is 20.3 Å². The highest BCUT2D eigenvalue weighted by Crippen LogP contribution is 2.27. The van der Waals surface area contributed by atoms with Crippen LogP contribution in [-0.2, 0) is 14.8 Å². The van der Waals surface area contributed by atoms with Gasteiger partial charge in [0.25, 0.3) is 0 Å².